The van der Waals surface area contributed by atoms with Crippen LogP contribution in [0.4, 0.5) is 0 Å². The van der Waals surface area contributed by atoms with Crippen LogP contribution in [-0.4, -0.2) is 21.7 Å². The Morgan fingerprint density at radius 2 is 1.53 bits per heavy atom. The van der Waals surface area contributed by atoms with Gasteiger partial charge in [-0.2, -0.15) is 0 Å². The number of rotatable bonds is 5. The summed E-state index contributed by atoms with van der Waals surface area (Å²) in [6, 6.07) is 24.2. The molecule has 1 fully saturated rings. The van der Waals surface area contributed by atoms with E-state index in [-0.39, 0.29) is 17.9 Å². The minimum absolute atomic E-state index is 0.132. The van der Waals surface area contributed by atoms with Crippen molar-refractivity contribution in [1.82, 2.24) is 4.90 Å². The lowest BCUT2D eigenvalue weighted by Crippen LogP contribution is -2.29. The van der Waals surface area contributed by atoms with Gasteiger partial charge < -0.3 is 10.0 Å². The van der Waals surface area contributed by atoms with Crippen LogP contribution in [0.5, 0.6) is 0 Å². The van der Waals surface area contributed by atoms with Crippen molar-refractivity contribution in [2.45, 2.75) is 39.3 Å². The van der Waals surface area contributed by atoms with Crippen molar-refractivity contribution in [1.29, 1.82) is 0 Å². The summed E-state index contributed by atoms with van der Waals surface area (Å²) < 4.78 is 0. The topological polar surface area (TPSA) is 57.6 Å². The predicted octanol–water partition coefficient (Wildman–Crippen LogP) is 5.74. The van der Waals surface area contributed by atoms with Gasteiger partial charge >= 0.3 is 0 Å². The molecule has 1 aliphatic heterocycles. The summed E-state index contributed by atoms with van der Waals surface area (Å²) in [7, 11) is 0. The molecule has 4 heteroatoms. The summed E-state index contributed by atoms with van der Waals surface area (Å²) in [6.45, 7) is 6.48. The molecule has 4 rings (SSSR count). The molecule has 3 aromatic rings. The van der Waals surface area contributed by atoms with E-state index in [0.29, 0.717) is 11.5 Å². The number of hydrogen-bond donors (Lipinski definition) is 1. The van der Waals surface area contributed by atoms with E-state index < -0.39 is 17.7 Å². The summed E-state index contributed by atoms with van der Waals surface area (Å²) in [5, 5.41) is 11.1. The molecule has 0 bridgehead atoms. The van der Waals surface area contributed by atoms with Gasteiger partial charge in [-0.05, 0) is 29.5 Å². The molecule has 0 aliphatic carbocycles. The van der Waals surface area contributed by atoms with Crippen molar-refractivity contribution in [3.63, 3.8) is 0 Å². The second kappa shape index (κ2) is 8.83. The molecule has 1 unspecified atom stereocenters. The van der Waals surface area contributed by atoms with Crippen molar-refractivity contribution in [2.24, 2.45) is 0 Å². The zero-order valence-electron chi connectivity index (χ0n) is 18.6. The van der Waals surface area contributed by atoms with Crippen molar-refractivity contribution in [3.8, 4) is 0 Å². The first-order valence-electron chi connectivity index (χ1n) is 10.9. The average molecular weight is 426 g/mol. The normalized spacial score (nSPS) is 17.9. The second-order valence-electron chi connectivity index (χ2n) is 8.60. The molecule has 1 heterocycles. The maximum absolute atomic E-state index is 13.1. The molecule has 0 saturated carbocycles. The van der Waals surface area contributed by atoms with Crippen LogP contribution < -0.4 is 0 Å². The first-order valence-corrected chi connectivity index (χ1v) is 10.9. The van der Waals surface area contributed by atoms with E-state index in [1.165, 1.54) is 5.56 Å². The highest BCUT2D eigenvalue weighted by atomic mass is 16.3. The summed E-state index contributed by atoms with van der Waals surface area (Å²) >= 11 is 0. The molecule has 0 aromatic heterocycles. The third-order valence-electron chi connectivity index (χ3n) is 5.98. The first-order chi connectivity index (χ1) is 15.4. The fourth-order valence-corrected chi connectivity index (χ4v) is 4.10. The summed E-state index contributed by atoms with van der Waals surface area (Å²) in [5.41, 5.74) is 4.61. The van der Waals surface area contributed by atoms with E-state index in [0.717, 1.165) is 16.7 Å². The van der Waals surface area contributed by atoms with Crippen LogP contribution in [0.25, 0.3) is 5.76 Å². The molecule has 1 saturated heterocycles. The summed E-state index contributed by atoms with van der Waals surface area (Å²) in [4.78, 5) is 27.8. The molecule has 4 nitrogen and oxygen atoms in total. The Labute approximate surface area is 188 Å². The maximum Gasteiger partial charge on any atom is 0.295 e. The van der Waals surface area contributed by atoms with Crippen LogP contribution in [0.3, 0.4) is 0 Å². The Bertz CT molecular complexity index is 1160. The number of ketones is 1. The number of aliphatic hydroxyl groups excluding tert-OH is 1. The highest BCUT2D eigenvalue weighted by Crippen LogP contribution is 2.40. The molecule has 1 atom stereocenters. The van der Waals surface area contributed by atoms with E-state index in [1.54, 1.807) is 17.0 Å². The van der Waals surface area contributed by atoms with Gasteiger partial charge in [0, 0.05) is 12.1 Å². The van der Waals surface area contributed by atoms with E-state index in [1.807, 2.05) is 73.7 Å². The standard InChI is InChI=1S/C28H27NO3/c1-18(2)21-13-15-22(16-14-21)25-24(26(30)23-11-9-19(3)10-12-23)27(31)28(32)29(25)17-20-7-5-4-6-8-20/h4-16,18,25,30H,17H2,1-3H3/b26-24+. The lowest BCUT2D eigenvalue weighted by Gasteiger charge is -2.26. The Balaban J connectivity index is 1.84. The Kier molecular flexibility index (Phi) is 5.95. The fraction of sp³-hybridized carbons (Fsp3) is 0.214. The number of aryl methyl sites for hydroxylation is 1. The average Bonchev–Trinajstić information content (AvgIpc) is 3.05. The van der Waals surface area contributed by atoms with Crippen LogP contribution in [0.15, 0.2) is 84.4 Å². The number of aliphatic hydroxyl groups is 1. The van der Waals surface area contributed by atoms with Gasteiger partial charge in [0.05, 0.1) is 11.6 Å². The van der Waals surface area contributed by atoms with Gasteiger partial charge in [-0.15, -0.1) is 0 Å². The quantitative estimate of drug-likeness (QED) is 0.322. The Morgan fingerprint density at radius 1 is 0.906 bits per heavy atom. The molecule has 162 valence electrons. The molecular weight excluding hydrogens is 398 g/mol. The molecule has 32 heavy (non-hydrogen) atoms. The SMILES string of the molecule is Cc1ccc(/C(O)=C2\C(=O)C(=O)N(Cc3ccccc3)C2c2ccc(C(C)C)cc2)cc1. The van der Waals surface area contributed by atoms with Gasteiger partial charge in [0.15, 0.2) is 0 Å². The highest BCUT2D eigenvalue weighted by Gasteiger charge is 2.46. The first kappa shape index (κ1) is 21.6. The molecule has 1 N–H and O–H groups in total. The minimum atomic E-state index is -0.656. The molecular formula is C28H27NO3. The van der Waals surface area contributed by atoms with Crippen LogP contribution in [0.1, 0.15) is 53.6 Å². The highest BCUT2D eigenvalue weighted by molar-refractivity contribution is 6.46. The smallest absolute Gasteiger partial charge is 0.295 e. The van der Waals surface area contributed by atoms with Gasteiger partial charge in [0.1, 0.15) is 5.76 Å². The Morgan fingerprint density at radius 3 is 2.12 bits per heavy atom. The second-order valence-corrected chi connectivity index (χ2v) is 8.60. The van der Waals surface area contributed by atoms with Crippen molar-refractivity contribution in [3.05, 3.63) is 112 Å². The molecule has 0 spiro atoms. The van der Waals surface area contributed by atoms with Crippen molar-refractivity contribution < 1.29 is 14.7 Å². The lowest BCUT2D eigenvalue weighted by molar-refractivity contribution is -0.140. The molecule has 0 radical (unpaired) electrons. The van der Waals surface area contributed by atoms with Gasteiger partial charge in [-0.1, -0.05) is 98.3 Å². The van der Waals surface area contributed by atoms with E-state index in [2.05, 4.69) is 13.8 Å². The number of carbonyl (C=O) groups excluding carboxylic acids is 2. The van der Waals surface area contributed by atoms with Crippen LogP contribution in [-0.2, 0) is 16.1 Å². The van der Waals surface area contributed by atoms with Gasteiger partial charge in [-0.25, -0.2) is 0 Å². The molecule has 3 aromatic carbocycles. The maximum atomic E-state index is 13.1. The van der Waals surface area contributed by atoms with Gasteiger partial charge in [0.25, 0.3) is 11.7 Å². The number of Topliss-reactive ketones (excluding diaryl/α,β-unsaturated/α-hetero) is 1. The van der Waals surface area contributed by atoms with Crippen LogP contribution >= 0.6 is 0 Å². The molecule has 1 aliphatic rings. The van der Waals surface area contributed by atoms with Gasteiger partial charge in [-0.3, -0.25) is 9.59 Å². The number of nitrogens with zero attached hydrogens (tertiary/aromatic N) is 1. The van der Waals surface area contributed by atoms with Gasteiger partial charge in [0.2, 0.25) is 0 Å². The van der Waals surface area contributed by atoms with E-state index in [9.17, 15) is 14.7 Å². The largest absolute Gasteiger partial charge is 0.507 e. The molecule has 1 amide bonds. The number of benzene rings is 3. The van der Waals surface area contributed by atoms with Crippen LogP contribution in [0, 0.1) is 6.92 Å². The summed E-state index contributed by atoms with van der Waals surface area (Å²) in [6.07, 6.45) is 0. The van der Waals surface area contributed by atoms with Crippen molar-refractivity contribution in [2.75, 3.05) is 0 Å². The summed E-state index contributed by atoms with van der Waals surface area (Å²) in [5.74, 6) is -1.03. The number of carbonyl (C=O) groups is 2. The lowest BCUT2D eigenvalue weighted by atomic mass is 9.93. The van der Waals surface area contributed by atoms with E-state index >= 15 is 0 Å². The predicted molar refractivity (Wildman–Crippen MR) is 126 cm³/mol. The minimum Gasteiger partial charge on any atom is -0.507 e. The zero-order chi connectivity index (χ0) is 22.8. The van der Waals surface area contributed by atoms with Crippen molar-refractivity contribution >= 4 is 17.4 Å². The number of amides is 1. The van der Waals surface area contributed by atoms with Crippen LogP contribution in [0.2, 0.25) is 0 Å². The zero-order valence-corrected chi connectivity index (χ0v) is 18.6. The monoisotopic (exact) mass is 425 g/mol. The van der Waals surface area contributed by atoms with E-state index in [4.69, 9.17) is 0 Å². The Hall–Kier alpha value is -3.66. The number of likely N-dealkylation sites (tertiary alicyclic amines) is 1. The third-order valence-corrected chi connectivity index (χ3v) is 5.98. The fourth-order valence-electron chi connectivity index (χ4n) is 4.10. The third kappa shape index (κ3) is 4.09. The number of hydrogen-bond acceptors (Lipinski definition) is 3.